The Bertz CT molecular complexity index is 1160. The average Bonchev–Trinajstić information content (AvgIpc) is 3.13. The molecule has 0 radical (unpaired) electrons. The Morgan fingerprint density at radius 1 is 1.24 bits per heavy atom. The molecule has 0 saturated carbocycles. The van der Waals surface area contributed by atoms with E-state index in [1.54, 1.807) is 26.3 Å². The van der Waals surface area contributed by atoms with E-state index in [1.807, 2.05) is 12.1 Å². The van der Waals surface area contributed by atoms with E-state index in [1.165, 1.54) is 22.5 Å². The van der Waals surface area contributed by atoms with E-state index in [0.29, 0.717) is 17.9 Å². The number of allylic oxidation sites excluding steroid dienone is 1. The van der Waals surface area contributed by atoms with Gasteiger partial charge in [-0.3, -0.25) is 13.9 Å². The molecule has 1 aromatic carbocycles. The normalized spacial score (nSPS) is 12.1. The molecule has 29 heavy (non-hydrogen) atoms. The summed E-state index contributed by atoms with van der Waals surface area (Å²) in [5.74, 6) is 1.07. The molecule has 1 atom stereocenters. The Kier molecular flexibility index (Phi) is 5.88. The number of ether oxygens (including phenoxy) is 2. The minimum absolute atomic E-state index is 0.0110. The summed E-state index contributed by atoms with van der Waals surface area (Å²) in [4.78, 5) is 28.6. The first-order chi connectivity index (χ1) is 13.9. The van der Waals surface area contributed by atoms with E-state index in [-0.39, 0.29) is 24.3 Å². The summed E-state index contributed by atoms with van der Waals surface area (Å²) in [6, 6.07) is 5.54. The van der Waals surface area contributed by atoms with Crippen molar-refractivity contribution in [3.8, 4) is 11.5 Å². The van der Waals surface area contributed by atoms with Gasteiger partial charge in [-0.25, -0.2) is 9.78 Å². The maximum absolute atomic E-state index is 12.5. The summed E-state index contributed by atoms with van der Waals surface area (Å²) in [7, 11) is 4.50. The van der Waals surface area contributed by atoms with Crippen LogP contribution in [0.3, 0.4) is 0 Å². The predicted molar refractivity (Wildman–Crippen MR) is 109 cm³/mol. The van der Waals surface area contributed by atoms with Crippen LogP contribution < -0.4 is 20.7 Å². The lowest BCUT2D eigenvalue weighted by Gasteiger charge is -2.16. The van der Waals surface area contributed by atoms with Gasteiger partial charge in [0.25, 0.3) is 5.56 Å². The number of hydrogen-bond acceptors (Lipinski definition) is 6. The smallest absolute Gasteiger partial charge is 0.332 e. The average molecular weight is 400 g/mol. The molecule has 9 heteroatoms. The number of rotatable bonds is 8. The summed E-state index contributed by atoms with van der Waals surface area (Å²) in [6.45, 7) is 3.79. The summed E-state index contributed by atoms with van der Waals surface area (Å²) in [5.41, 5.74) is 0.638. The minimum Gasteiger partial charge on any atom is -0.493 e. The Morgan fingerprint density at radius 3 is 2.69 bits per heavy atom. The van der Waals surface area contributed by atoms with E-state index in [4.69, 9.17) is 9.47 Å². The van der Waals surface area contributed by atoms with Gasteiger partial charge < -0.3 is 19.1 Å². The van der Waals surface area contributed by atoms with Crippen molar-refractivity contribution in [2.45, 2.75) is 19.1 Å². The highest BCUT2D eigenvalue weighted by Gasteiger charge is 2.17. The first kappa shape index (κ1) is 20.4. The zero-order chi connectivity index (χ0) is 21.1. The number of fused-ring (bicyclic) bond motifs is 1. The molecule has 0 saturated heterocycles. The Balaban J connectivity index is 1.77. The van der Waals surface area contributed by atoms with Crippen molar-refractivity contribution >= 4 is 11.2 Å². The third-order valence-electron chi connectivity index (χ3n) is 4.66. The molecule has 0 fully saturated rings. The van der Waals surface area contributed by atoms with Crippen LogP contribution in [0.4, 0.5) is 0 Å². The highest BCUT2D eigenvalue weighted by molar-refractivity contribution is 5.69. The van der Waals surface area contributed by atoms with Crippen LogP contribution in [0.5, 0.6) is 11.5 Å². The predicted octanol–water partition coefficient (Wildman–Crippen LogP) is 0.611. The number of imidazole rings is 1. The molecule has 0 aliphatic rings. The number of benzene rings is 1. The second-order valence-corrected chi connectivity index (χ2v) is 6.72. The Labute approximate surface area is 167 Å². The van der Waals surface area contributed by atoms with Gasteiger partial charge in [-0.05, 0) is 24.1 Å². The summed E-state index contributed by atoms with van der Waals surface area (Å²) in [5, 5.41) is 10.4. The lowest BCUT2D eigenvalue weighted by atomic mass is 10.1. The van der Waals surface area contributed by atoms with E-state index in [2.05, 4.69) is 11.6 Å². The van der Waals surface area contributed by atoms with Gasteiger partial charge in [0, 0.05) is 14.1 Å². The molecule has 0 bridgehead atoms. The number of aliphatic hydroxyl groups is 1. The number of hydrogen-bond donors (Lipinski definition) is 1. The number of methoxy groups -OCH3 is 1. The van der Waals surface area contributed by atoms with E-state index < -0.39 is 17.4 Å². The fraction of sp³-hybridized carbons (Fsp3) is 0.350. The second-order valence-electron chi connectivity index (χ2n) is 6.72. The van der Waals surface area contributed by atoms with Crippen LogP contribution in [-0.4, -0.2) is 43.6 Å². The van der Waals surface area contributed by atoms with Crippen molar-refractivity contribution in [1.82, 2.24) is 18.7 Å². The second kappa shape index (κ2) is 8.36. The molecule has 0 spiro atoms. The Morgan fingerprint density at radius 2 is 2.00 bits per heavy atom. The summed E-state index contributed by atoms with van der Waals surface area (Å²) in [6.07, 6.45) is 3.03. The molecule has 0 aliphatic carbocycles. The van der Waals surface area contributed by atoms with Gasteiger partial charge in [0.15, 0.2) is 22.7 Å². The Hall–Kier alpha value is -3.33. The molecule has 154 valence electrons. The van der Waals surface area contributed by atoms with Gasteiger partial charge in [-0.15, -0.1) is 6.58 Å². The molecule has 2 aromatic heterocycles. The molecular weight excluding hydrogens is 376 g/mol. The van der Waals surface area contributed by atoms with Gasteiger partial charge in [0.1, 0.15) is 12.7 Å². The summed E-state index contributed by atoms with van der Waals surface area (Å²) < 4.78 is 14.9. The largest absolute Gasteiger partial charge is 0.493 e. The topological polar surface area (TPSA) is 101 Å². The first-order valence-corrected chi connectivity index (χ1v) is 9.06. The highest BCUT2D eigenvalue weighted by Crippen LogP contribution is 2.28. The number of aliphatic hydroxyl groups excluding tert-OH is 1. The van der Waals surface area contributed by atoms with Crippen LogP contribution in [0.25, 0.3) is 11.2 Å². The fourth-order valence-electron chi connectivity index (χ4n) is 3.13. The molecule has 2 heterocycles. The van der Waals surface area contributed by atoms with Crippen molar-refractivity contribution in [3.05, 3.63) is 63.6 Å². The van der Waals surface area contributed by atoms with Crippen LogP contribution in [0.2, 0.25) is 0 Å². The SMILES string of the molecule is C=CCc1ccc(OC[C@H](O)Cn2cnc3c2c(=O)n(C)c(=O)n3C)c(OC)c1. The monoisotopic (exact) mass is 400 g/mol. The highest BCUT2D eigenvalue weighted by atomic mass is 16.5. The molecule has 0 aliphatic heterocycles. The van der Waals surface area contributed by atoms with Crippen molar-refractivity contribution in [2.24, 2.45) is 14.1 Å². The maximum Gasteiger partial charge on any atom is 0.332 e. The van der Waals surface area contributed by atoms with Gasteiger partial charge in [-0.1, -0.05) is 12.1 Å². The maximum atomic E-state index is 12.5. The molecular formula is C20H24N4O5. The standard InChI is InChI=1S/C20H24N4O5/c1-5-6-13-7-8-15(16(9-13)28-4)29-11-14(25)10-24-12-21-18-17(24)19(26)23(3)20(27)22(18)2/h5,7-9,12,14,25H,1,6,10-11H2,2-4H3/t14-/m1/s1. The van der Waals surface area contributed by atoms with Crippen LogP contribution in [0.15, 0.2) is 46.8 Å². The lowest BCUT2D eigenvalue weighted by molar-refractivity contribution is 0.0918. The zero-order valence-electron chi connectivity index (χ0n) is 16.7. The molecule has 9 nitrogen and oxygen atoms in total. The molecule has 1 N–H and O–H groups in total. The number of aromatic nitrogens is 4. The van der Waals surface area contributed by atoms with Crippen LogP contribution in [0.1, 0.15) is 5.56 Å². The summed E-state index contributed by atoms with van der Waals surface area (Å²) >= 11 is 0. The quantitative estimate of drug-likeness (QED) is 0.556. The third kappa shape index (κ3) is 3.95. The first-order valence-electron chi connectivity index (χ1n) is 9.06. The van der Waals surface area contributed by atoms with E-state index in [0.717, 1.165) is 10.1 Å². The fourth-order valence-corrected chi connectivity index (χ4v) is 3.13. The van der Waals surface area contributed by atoms with Crippen LogP contribution in [0, 0.1) is 0 Å². The number of aryl methyl sites for hydroxylation is 1. The van der Waals surface area contributed by atoms with E-state index >= 15 is 0 Å². The molecule has 0 unspecified atom stereocenters. The third-order valence-corrected chi connectivity index (χ3v) is 4.66. The van der Waals surface area contributed by atoms with Gasteiger partial charge in [-0.2, -0.15) is 0 Å². The molecule has 3 aromatic rings. The van der Waals surface area contributed by atoms with E-state index in [9.17, 15) is 14.7 Å². The molecule has 3 rings (SSSR count). The van der Waals surface area contributed by atoms with Gasteiger partial charge in [0.05, 0.1) is 20.0 Å². The molecule has 0 amide bonds. The van der Waals surface area contributed by atoms with Gasteiger partial charge >= 0.3 is 5.69 Å². The van der Waals surface area contributed by atoms with Crippen molar-refractivity contribution in [3.63, 3.8) is 0 Å². The van der Waals surface area contributed by atoms with Crippen molar-refractivity contribution in [1.29, 1.82) is 0 Å². The van der Waals surface area contributed by atoms with Crippen LogP contribution >= 0.6 is 0 Å². The minimum atomic E-state index is -0.910. The van der Waals surface area contributed by atoms with Crippen molar-refractivity contribution in [2.75, 3.05) is 13.7 Å². The lowest BCUT2D eigenvalue weighted by Crippen LogP contribution is -2.38. The van der Waals surface area contributed by atoms with Crippen molar-refractivity contribution < 1.29 is 14.6 Å². The number of nitrogens with zero attached hydrogens (tertiary/aromatic N) is 4. The zero-order valence-corrected chi connectivity index (χ0v) is 16.7. The van der Waals surface area contributed by atoms with Gasteiger partial charge in [0.2, 0.25) is 0 Å². The van der Waals surface area contributed by atoms with Crippen LogP contribution in [-0.2, 0) is 27.1 Å².